The van der Waals surface area contributed by atoms with E-state index in [1.165, 1.54) is 12.5 Å². The number of primary amides is 1. The molecule has 0 fully saturated rings. The number of hydrogen-bond acceptors (Lipinski definition) is 12. The molecule has 0 aliphatic carbocycles. The number of aromatic amines is 2. The van der Waals surface area contributed by atoms with E-state index in [-0.39, 0.29) is 76.2 Å². The second-order valence-corrected chi connectivity index (χ2v) is 17.3. The predicted molar refractivity (Wildman–Crippen MR) is 251 cm³/mol. The zero-order chi connectivity index (χ0) is 51.4. The number of aliphatic carboxylic acids is 2. The van der Waals surface area contributed by atoms with Gasteiger partial charge in [-0.25, -0.2) is 9.78 Å². The van der Waals surface area contributed by atoms with Gasteiger partial charge in [-0.3, -0.25) is 43.3 Å². The number of carbonyl (C=O) groups excluding carboxylic acids is 7. The number of aliphatic imine (C=N–C) groups is 1. The number of carbonyl (C=O) groups is 9. The summed E-state index contributed by atoms with van der Waals surface area (Å²) < 4.78 is 0. The lowest BCUT2D eigenvalue weighted by atomic mass is 9.99. The van der Waals surface area contributed by atoms with Gasteiger partial charge < -0.3 is 75.0 Å². The van der Waals surface area contributed by atoms with Gasteiger partial charge in [0.15, 0.2) is 5.96 Å². The Bertz CT molecular complexity index is 2280. The number of hydrogen-bond donors (Lipinski definition) is 14. The second-order valence-electron chi connectivity index (χ2n) is 17.3. The Morgan fingerprint density at radius 1 is 0.681 bits per heavy atom. The lowest BCUT2D eigenvalue weighted by molar-refractivity contribution is -0.143. The van der Waals surface area contributed by atoms with Gasteiger partial charge in [0.05, 0.1) is 12.4 Å². The largest absolute Gasteiger partial charge is 0.481 e. The number of carboxylic acids is 2. The minimum absolute atomic E-state index is 0.0354. The Balaban J connectivity index is 1.99. The molecule has 0 radical (unpaired) electrons. The van der Waals surface area contributed by atoms with Crippen LogP contribution >= 0.6 is 0 Å². The van der Waals surface area contributed by atoms with Crippen LogP contribution < -0.4 is 54.8 Å². The van der Waals surface area contributed by atoms with Crippen LogP contribution in [-0.2, 0) is 56.0 Å². The van der Waals surface area contributed by atoms with E-state index in [9.17, 15) is 48.3 Å². The fourth-order valence-corrected chi connectivity index (χ4v) is 7.13. The van der Waals surface area contributed by atoms with Crippen molar-refractivity contribution in [1.29, 1.82) is 0 Å². The normalized spacial score (nSPS) is 14.2. The first kappa shape index (κ1) is 55.8. The molecule has 25 heteroatoms. The quantitative estimate of drug-likeness (QED) is 0.0193. The third kappa shape index (κ3) is 18.9. The van der Waals surface area contributed by atoms with Crippen LogP contribution in [0.25, 0.3) is 10.9 Å². The van der Waals surface area contributed by atoms with Crippen LogP contribution in [0.2, 0.25) is 0 Å². The van der Waals surface area contributed by atoms with Crippen LogP contribution in [0, 0.1) is 11.8 Å². The highest BCUT2D eigenvalue weighted by molar-refractivity contribution is 5.98. The van der Waals surface area contributed by atoms with E-state index in [1.54, 1.807) is 40.0 Å². The van der Waals surface area contributed by atoms with Gasteiger partial charge in [-0.2, -0.15) is 0 Å². The van der Waals surface area contributed by atoms with Crippen molar-refractivity contribution in [1.82, 2.24) is 46.9 Å². The molecule has 0 saturated carbocycles. The fourth-order valence-electron chi connectivity index (χ4n) is 7.13. The number of rotatable bonds is 30. The predicted octanol–water partition coefficient (Wildman–Crippen LogP) is -2.12. The summed E-state index contributed by atoms with van der Waals surface area (Å²) in [4.78, 5) is 132. The maximum Gasteiger partial charge on any atom is 0.326 e. The molecule has 7 atom stereocenters. The third-order valence-electron chi connectivity index (χ3n) is 10.8. The smallest absolute Gasteiger partial charge is 0.326 e. The maximum atomic E-state index is 14.6. The van der Waals surface area contributed by atoms with Gasteiger partial charge in [0.2, 0.25) is 41.4 Å². The molecule has 0 bridgehead atoms. The average Bonchev–Trinajstić information content (AvgIpc) is 3.95. The average molecular weight is 967 g/mol. The van der Waals surface area contributed by atoms with E-state index in [4.69, 9.17) is 28.0 Å². The fraction of sp³-hybridized carbons (Fsp3) is 0.523. The first-order valence-electron chi connectivity index (χ1n) is 22.4. The summed E-state index contributed by atoms with van der Waals surface area (Å²) in [6.07, 6.45) is 2.97. The number of benzene rings is 1. The molecule has 3 rings (SSSR count). The summed E-state index contributed by atoms with van der Waals surface area (Å²) >= 11 is 0. The van der Waals surface area contributed by atoms with Gasteiger partial charge in [-0.1, -0.05) is 45.9 Å². The molecule has 0 spiro atoms. The Morgan fingerprint density at radius 3 is 1.87 bits per heavy atom. The summed E-state index contributed by atoms with van der Waals surface area (Å²) in [5, 5.41) is 35.2. The Hall–Kier alpha value is -7.57. The lowest BCUT2D eigenvalue weighted by Gasteiger charge is -2.28. The van der Waals surface area contributed by atoms with Gasteiger partial charge in [-0.15, -0.1) is 0 Å². The summed E-state index contributed by atoms with van der Waals surface area (Å²) in [6, 6.07) is -2.30. The van der Waals surface area contributed by atoms with E-state index in [2.05, 4.69) is 51.8 Å². The highest BCUT2D eigenvalue weighted by atomic mass is 16.4. The third-order valence-corrected chi connectivity index (χ3v) is 10.8. The van der Waals surface area contributed by atoms with Crippen molar-refractivity contribution in [3.05, 3.63) is 54.2 Å². The number of guanidine groups is 1. The standard InChI is InChI=1S/C44H66N14O11/c1-22(2)16-31(39(64)54-30(43(68)69)12-13-34(46)59)55-38(63)29(10-7-15-50-44(47)48)53-41(66)33(18-25-20-49-21-52-25)56-40(65)32(17-24-19-51-28-9-6-5-8-26(24)28)57-42(67)36(23(3)4)58-37(62)27(45)11-14-35(60)61/h5-6,8-9,19-23,27,29-33,36,51H,7,10-18,45H2,1-4H3,(H2,46,59)(H,49,52)(H,53,66)(H,54,64)(H,55,63)(H,56,65)(H,57,67)(H,58,62)(H,60,61)(H,68,69)(H4,47,48,50)/t27-,29-,30-,31-,32-,33-,36-/m0/s1. The van der Waals surface area contributed by atoms with Crippen LogP contribution in [-0.4, -0.2) is 133 Å². The molecule has 2 aromatic heterocycles. The number of aromatic nitrogens is 3. The highest BCUT2D eigenvalue weighted by Crippen LogP contribution is 2.20. The molecular weight excluding hydrogens is 901 g/mol. The molecule has 18 N–H and O–H groups in total. The van der Waals surface area contributed by atoms with Crippen molar-refractivity contribution < 1.29 is 53.4 Å². The van der Waals surface area contributed by atoms with Crippen LogP contribution in [0.1, 0.15) is 83.9 Å². The number of fused-ring (bicyclic) bond motifs is 1. The number of nitrogens with two attached hydrogens (primary N) is 4. The Morgan fingerprint density at radius 2 is 1.28 bits per heavy atom. The molecule has 1 aromatic carbocycles. The van der Waals surface area contributed by atoms with Gasteiger partial charge in [0.25, 0.3) is 0 Å². The van der Waals surface area contributed by atoms with Gasteiger partial charge in [0.1, 0.15) is 36.3 Å². The van der Waals surface area contributed by atoms with E-state index in [1.807, 2.05) is 18.2 Å². The first-order chi connectivity index (χ1) is 32.6. The van der Waals surface area contributed by atoms with Crippen molar-refractivity contribution >= 4 is 70.2 Å². The number of nitrogens with one attached hydrogen (secondary N) is 8. The van der Waals surface area contributed by atoms with Crippen molar-refractivity contribution in [3.63, 3.8) is 0 Å². The monoisotopic (exact) mass is 967 g/mol. The van der Waals surface area contributed by atoms with Gasteiger partial charge in [0, 0.05) is 61.2 Å². The van der Waals surface area contributed by atoms with Gasteiger partial charge in [-0.05, 0) is 55.6 Å². The van der Waals surface area contributed by atoms with Crippen molar-refractivity contribution in [2.45, 2.75) is 128 Å². The Kier molecular flexibility index (Phi) is 22.1. The van der Waals surface area contributed by atoms with Crippen molar-refractivity contribution in [3.8, 4) is 0 Å². The number of carboxylic acid groups (broad SMARTS) is 2. The molecule has 2 heterocycles. The Labute approximate surface area is 397 Å². The molecule has 0 unspecified atom stereocenters. The molecule has 0 aliphatic rings. The first-order valence-corrected chi connectivity index (χ1v) is 22.4. The summed E-state index contributed by atoms with van der Waals surface area (Å²) in [5.74, 6) is -9.34. The molecule has 0 aliphatic heterocycles. The number of H-pyrrole nitrogens is 2. The molecule has 25 nitrogen and oxygen atoms in total. The van der Waals surface area contributed by atoms with Crippen molar-refractivity contribution in [2.75, 3.05) is 6.54 Å². The van der Waals surface area contributed by atoms with E-state index >= 15 is 0 Å². The van der Waals surface area contributed by atoms with Crippen LogP contribution in [0.5, 0.6) is 0 Å². The molecule has 0 saturated heterocycles. The SMILES string of the molecule is CC(C)C[C@H](NC(=O)[C@H](CCCN=C(N)N)NC(=O)[C@H](Cc1cnc[nH]1)NC(=O)[C@H](Cc1c[nH]c2ccccc12)NC(=O)[C@@H](NC(=O)[C@@H](N)CCC(=O)O)C(C)C)C(=O)N[C@@H](CCC(N)=O)C(=O)O. The zero-order valence-corrected chi connectivity index (χ0v) is 39.1. The van der Waals surface area contributed by atoms with Crippen molar-refractivity contribution in [2.24, 2.45) is 39.8 Å². The molecular formula is C44H66N14O11. The highest BCUT2D eigenvalue weighted by Gasteiger charge is 2.35. The zero-order valence-electron chi connectivity index (χ0n) is 39.1. The lowest BCUT2D eigenvalue weighted by Crippen LogP contribution is -2.61. The number of amides is 7. The van der Waals surface area contributed by atoms with Crippen LogP contribution in [0.4, 0.5) is 0 Å². The summed E-state index contributed by atoms with van der Waals surface area (Å²) in [6.45, 7) is 6.85. The summed E-state index contributed by atoms with van der Waals surface area (Å²) in [7, 11) is 0. The number of nitrogens with zero attached hydrogens (tertiary/aromatic N) is 2. The second kappa shape index (κ2) is 27.3. The van der Waals surface area contributed by atoms with E-state index in [0.29, 0.717) is 11.3 Å². The van der Waals surface area contributed by atoms with Crippen LogP contribution in [0.15, 0.2) is 48.0 Å². The topological polar surface area (TPSA) is 427 Å². The van der Waals surface area contributed by atoms with E-state index in [0.717, 1.165) is 10.9 Å². The molecule has 3 aromatic rings. The summed E-state index contributed by atoms with van der Waals surface area (Å²) in [5.41, 5.74) is 23.9. The number of para-hydroxylation sites is 1. The minimum Gasteiger partial charge on any atom is -0.481 e. The maximum absolute atomic E-state index is 14.6. The van der Waals surface area contributed by atoms with E-state index < -0.39 is 101 Å². The minimum atomic E-state index is -1.51. The van der Waals surface area contributed by atoms with Crippen LogP contribution in [0.3, 0.4) is 0 Å². The molecule has 378 valence electrons. The molecule has 69 heavy (non-hydrogen) atoms. The van der Waals surface area contributed by atoms with Gasteiger partial charge >= 0.3 is 11.9 Å². The number of imidazole rings is 1. The molecule has 7 amide bonds.